The van der Waals surface area contributed by atoms with E-state index in [2.05, 4.69) is 36.5 Å². The number of aliphatic carboxylic acids is 2. The molecule has 36 heavy (non-hydrogen) atoms. The monoisotopic (exact) mass is 522 g/mol. The van der Waals surface area contributed by atoms with E-state index in [0.717, 1.165) is 12.0 Å². The van der Waals surface area contributed by atoms with E-state index in [4.69, 9.17) is 15.9 Å². The van der Waals surface area contributed by atoms with Crippen molar-refractivity contribution in [3.8, 4) is 0 Å². The number of allylic oxidation sites excluding steroid dienone is 1. The zero-order valence-corrected chi connectivity index (χ0v) is 22.0. The maximum atomic E-state index is 12.0. The van der Waals surface area contributed by atoms with E-state index in [9.17, 15) is 19.5 Å². The van der Waals surface area contributed by atoms with Crippen LogP contribution in [0.2, 0.25) is 0 Å². The second-order valence-electron chi connectivity index (χ2n) is 8.98. The standard InChI is InChI=1S/C27H42N2O6S/c1-2-3-4-5-6-9-20-14-16-21(17-15-20)10-7-12-24(23(30)11-8-13-25(31)32)36-19-22(28)27(35)29-18-26(33)34/h7,12,14-17,22-24,30H,2-6,8-11,13,18-19,28H2,1H3,(H,29,35)(H,31,32)(H,33,34)/b12-7-/t22-,23-,24-/m0/s1. The summed E-state index contributed by atoms with van der Waals surface area (Å²) in [4.78, 5) is 33.4. The summed E-state index contributed by atoms with van der Waals surface area (Å²) in [5, 5.41) is 30.1. The number of amides is 1. The Balaban J connectivity index is 2.64. The molecule has 1 aromatic carbocycles. The van der Waals surface area contributed by atoms with Gasteiger partial charge in [-0.1, -0.05) is 69.0 Å². The number of aliphatic hydroxyl groups excluding tert-OH is 1. The first-order valence-corrected chi connectivity index (χ1v) is 13.8. The van der Waals surface area contributed by atoms with Gasteiger partial charge in [-0.3, -0.25) is 14.4 Å². The van der Waals surface area contributed by atoms with Crippen molar-refractivity contribution in [1.82, 2.24) is 5.32 Å². The van der Waals surface area contributed by atoms with Crippen LogP contribution in [0.4, 0.5) is 0 Å². The highest BCUT2D eigenvalue weighted by Crippen LogP contribution is 2.22. The summed E-state index contributed by atoms with van der Waals surface area (Å²) in [6.07, 6.45) is 11.7. The third kappa shape index (κ3) is 14.9. The Bertz CT molecular complexity index is 815. The van der Waals surface area contributed by atoms with Crippen LogP contribution in [0.5, 0.6) is 0 Å². The molecule has 0 unspecified atom stereocenters. The van der Waals surface area contributed by atoms with E-state index in [-0.39, 0.29) is 17.4 Å². The van der Waals surface area contributed by atoms with Crippen molar-refractivity contribution < 1.29 is 29.7 Å². The molecular formula is C27H42N2O6S. The third-order valence-electron chi connectivity index (χ3n) is 5.76. The highest BCUT2D eigenvalue weighted by Gasteiger charge is 2.21. The molecule has 8 nitrogen and oxygen atoms in total. The van der Waals surface area contributed by atoms with Crippen LogP contribution in [0.15, 0.2) is 36.4 Å². The van der Waals surface area contributed by atoms with E-state index in [0.29, 0.717) is 19.3 Å². The van der Waals surface area contributed by atoms with Gasteiger partial charge in [0.15, 0.2) is 0 Å². The Labute approximate surface area is 218 Å². The first-order chi connectivity index (χ1) is 17.2. The summed E-state index contributed by atoms with van der Waals surface area (Å²) in [7, 11) is 0. The number of carboxylic acid groups (broad SMARTS) is 2. The Morgan fingerprint density at radius 2 is 1.67 bits per heavy atom. The van der Waals surface area contributed by atoms with Crippen LogP contribution in [0.3, 0.4) is 0 Å². The molecule has 9 heteroatoms. The molecule has 1 rings (SSSR count). The van der Waals surface area contributed by atoms with Gasteiger partial charge in [0.2, 0.25) is 5.91 Å². The maximum Gasteiger partial charge on any atom is 0.322 e. The fourth-order valence-corrected chi connectivity index (χ4v) is 4.78. The normalized spacial score (nSPS) is 13.9. The number of unbranched alkanes of at least 4 members (excludes halogenated alkanes) is 4. The lowest BCUT2D eigenvalue weighted by atomic mass is 10.0. The first kappa shape index (κ1) is 31.7. The summed E-state index contributed by atoms with van der Waals surface area (Å²) in [6, 6.07) is 7.61. The number of hydrogen-bond acceptors (Lipinski definition) is 6. The van der Waals surface area contributed by atoms with Crippen LogP contribution < -0.4 is 11.1 Å². The fourth-order valence-electron chi connectivity index (χ4n) is 3.62. The van der Waals surface area contributed by atoms with E-state index < -0.39 is 36.5 Å². The molecule has 0 heterocycles. The minimum atomic E-state index is -1.15. The van der Waals surface area contributed by atoms with Crippen molar-refractivity contribution in [3.63, 3.8) is 0 Å². The lowest BCUT2D eigenvalue weighted by Gasteiger charge is -2.21. The smallest absolute Gasteiger partial charge is 0.322 e. The van der Waals surface area contributed by atoms with E-state index in [1.165, 1.54) is 49.4 Å². The van der Waals surface area contributed by atoms with E-state index >= 15 is 0 Å². The largest absolute Gasteiger partial charge is 0.481 e. The first-order valence-electron chi connectivity index (χ1n) is 12.7. The Morgan fingerprint density at radius 1 is 1.00 bits per heavy atom. The van der Waals surface area contributed by atoms with Crippen LogP contribution in [-0.2, 0) is 27.2 Å². The van der Waals surface area contributed by atoms with Crippen LogP contribution in [0, 0.1) is 0 Å². The van der Waals surface area contributed by atoms with Crippen LogP contribution >= 0.6 is 11.8 Å². The highest BCUT2D eigenvalue weighted by molar-refractivity contribution is 8.00. The van der Waals surface area contributed by atoms with Gasteiger partial charge in [0.25, 0.3) is 0 Å². The zero-order chi connectivity index (χ0) is 26.8. The van der Waals surface area contributed by atoms with Crippen molar-refractivity contribution in [2.24, 2.45) is 5.73 Å². The number of benzene rings is 1. The molecule has 0 spiro atoms. The van der Waals surface area contributed by atoms with Gasteiger partial charge < -0.3 is 26.4 Å². The van der Waals surface area contributed by atoms with E-state index in [1.54, 1.807) is 0 Å². The number of nitrogens with two attached hydrogens (primary N) is 1. The average Bonchev–Trinajstić information content (AvgIpc) is 2.84. The lowest BCUT2D eigenvalue weighted by Crippen LogP contribution is -2.44. The van der Waals surface area contributed by atoms with Gasteiger partial charge in [0.1, 0.15) is 6.54 Å². The minimum Gasteiger partial charge on any atom is -0.481 e. The number of carboxylic acids is 2. The maximum absolute atomic E-state index is 12.0. The molecule has 0 radical (unpaired) electrons. The molecule has 0 fully saturated rings. The molecule has 0 aromatic heterocycles. The number of aryl methyl sites for hydroxylation is 1. The number of aliphatic hydroxyl groups is 1. The number of rotatable bonds is 20. The summed E-state index contributed by atoms with van der Waals surface area (Å²) in [6.45, 7) is 1.71. The van der Waals surface area contributed by atoms with Crippen LogP contribution in [0.25, 0.3) is 0 Å². The number of thioether (sulfide) groups is 1. The van der Waals surface area contributed by atoms with Gasteiger partial charge in [-0.15, -0.1) is 11.8 Å². The Morgan fingerprint density at radius 3 is 2.31 bits per heavy atom. The van der Waals surface area contributed by atoms with Gasteiger partial charge in [0.05, 0.1) is 12.1 Å². The summed E-state index contributed by atoms with van der Waals surface area (Å²) in [5.74, 6) is -2.46. The molecule has 0 aliphatic heterocycles. The molecule has 0 saturated heterocycles. The highest BCUT2D eigenvalue weighted by atomic mass is 32.2. The molecule has 1 amide bonds. The van der Waals surface area contributed by atoms with Crippen molar-refractivity contribution in [2.75, 3.05) is 12.3 Å². The van der Waals surface area contributed by atoms with Gasteiger partial charge in [-0.25, -0.2) is 0 Å². The van der Waals surface area contributed by atoms with Crippen LogP contribution in [0.1, 0.15) is 69.4 Å². The predicted molar refractivity (Wildman–Crippen MR) is 144 cm³/mol. The molecule has 0 aliphatic carbocycles. The number of carbonyl (C=O) groups is 3. The topological polar surface area (TPSA) is 150 Å². The van der Waals surface area contributed by atoms with Crippen molar-refractivity contribution in [1.29, 1.82) is 0 Å². The SMILES string of the molecule is CCCCCCCc1ccc(C/C=C\[C@H](SC[C@H](N)C(=O)NCC(=O)O)[C@@H](O)CCCC(=O)O)cc1. The molecule has 6 N–H and O–H groups in total. The van der Waals surface area contributed by atoms with Crippen molar-refractivity contribution in [3.05, 3.63) is 47.5 Å². The minimum absolute atomic E-state index is 0.0276. The predicted octanol–water partition coefficient (Wildman–Crippen LogP) is 3.54. The number of hydrogen-bond donors (Lipinski definition) is 5. The fraction of sp³-hybridized carbons (Fsp3) is 0.593. The second kappa shape index (κ2) is 18.8. The summed E-state index contributed by atoms with van der Waals surface area (Å²) < 4.78 is 0. The van der Waals surface area contributed by atoms with Crippen LogP contribution in [-0.4, -0.2) is 62.9 Å². The Hall–Kier alpha value is -2.36. The zero-order valence-electron chi connectivity index (χ0n) is 21.2. The molecule has 202 valence electrons. The average molecular weight is 523 g/mol. The third-order valence-corrected chi connectivity index (χ3v) is 7.17. The molecular weight excluding hydrogens is 480 g/mol. The quantitative estimate of drug-likeness (QED) is 0.129. The van der Waals surface area contributed by atoms with Gasteiger partial charge in [-0.05, 0) is 43.2 Å². The van der Waals surface area contributed by atoms with E-state index in [1.807, 2.05) is 12.2 Å². The number of carbonyl (C=O) groups excluding carboxylic acids is 1. The second-order valence-corrected chi connectivity index (χ2v) is 10.2. The Kier molecular flexibility index (Phi) is 16.6. The van der Waals surface area contributed by atoms with Gasteiger partial charge in [-0.2, -0.15) is 0 Å². The summed E-state index contributed by atoms with van der Waals surface area (Å²) >= 11 is 1.29. The molecule has 0 saturated carbocycles. The molecule has 3 atom stereocenters. The molecule has 1 aromatic rings. The van der Waals surface area contributed by atoms with Gasteiger partial charge >= 0.3 is 11.9 Å². The van der Waals surface area contributed by atoms with Crippen molar-refractivity contribution in [2.45, 2.75) is 88.5 Å². The van der Waals surface area contributed by atoms with Crippen molar-refractivity contribution >= 4 is 29.6 Å². The summed E-state index contributed by atoms with van der Waals surface area (Å²) in [5.41, 5.74) is 8.35. The number of nitrogens with one attached hydrogen (secondary N) is 1. The lowest BCUT2D eigenvalue weighted by molar-refractivity contribution is -0.138. The molecule has 0 aliphatic rings. The van der Waals surface area contributed by atoms with Gasteiger partial charge in [0, 0.05) is 17.4 Å². The molecule has 0 bridgehead atoms.